The van der Waals surface area contributed by atoms with Gasteiger partial charge in [0.1, 0.15) is 12.4 Å². The second-order valence-corrected chi connectivity index (χ2v) is 6.51. The molecule has 7 nitrogen and oxygen atoms in total. The van der Waals surface area contributed by atoms with Crippen LogP contribution in [0.1, 0.15) is 24.5 Å². The third kappa shape index (κ3) is 4.61. The van der Waals surface area contributed by atoms with Crippen molar-refractivity contribution in [3.8, 4) is 0 Å². The van der Waals surface area contributed by atoms with Crippen molar-refractivity contribution in [2.75, 3.05) is 31.6 Å². The fraction of sp³-hybridized carbons (Fsp3) is 0.786. The minimum atomic E-state index is -0.254. The Morgan fingerprint density at radius 3 is 2.91 bits per heavy atom. The largest absolute Gasteiger partial charge is 0.391 e. The summed E-state index contributed by atoms with van der Waals surface area (Å²) in [5.41, 5.74) is 0. The molecule has 1 aromatic heterocycles. The minimum Gasteiger partial charge on any atom is -0.391 e. The van der Waals surface area contributed by atoms with E-state index in [-0.39, 0.29) is 6.10 Å². The van der Waals surface area contributed by atoms with Gasteiger partial charge in [0.15, 0.2) is 11.8 Å². The van der Waals surface area contributed by atoms with Crippen molar-refractivity contribution in [3.05, 3.63) is 11.6 Å². The number of nitrogens with zero attached hydrogens (tertiary/aromatic N) is 5. The summed E-state index contributed by atoms with van der Waals surface area (Å²) in [5.74, 6) is 3.72. The van der Waals surface area contributed by atoms with E-state index in [0.717, 1.165) is 49.3 Å². The Kier molecular flexibility index (Phi) is 6.50. The van der Waals surface area contributed by atoms with Crippen LogP contribution in [0.3, 0.4) is 0 Å². The van der Waals surface area contributed by atoms with E-state index >= 15 is 0 Å². The molecular formula is C14H26N6OS. The number of aryl methyl sites for hydroxylation is 1. The molecule has 0 aromatic carbocycles. The van der Waals surface area contributed by atoms with Gasteiger partial charge in [0.25, 0.3) is 0 Å². The van der Waals surface area contributed by atoms with Crippen molar-refractivity contribution in [1.82, 2.24) is 25.0 Å². The molecule has 1 aliphatic rings. The first-order valence-corrected chi connectivity index (χ1v) is 9.06. The Hall–Kier alpha value is -1.28. The molecule has 1 fully saturated rings. The molecule has 0 aliphatic carbocycles. The van der Waals surface area contributed by atoms with Crippen molar-refractivity contribution in [1.29, 1.82) is 0 Å². The van der Waals surface area contributed by atoms with Gasteiger partial charge < -0.3 is 19.9 Å². The minimum absolute atomic E-state index is 0.254. The highest BCUT2D eigenvalue weighted by atomic mass is 32.2. The molecule has 2 rings (SSSR count). The predicted molar refractivity (Wildman–Crippen MR) is 90.1 cm³/mol. The van der Waals surface area contributed by atoms with E-state index in [0.29, 0.717) is 13.1 Å². The summed E-state index contributed by atoms with van der Waals surface area (Å²) in [6.45, 7) is 4.80. The first-order valence-electron chi connectivity index (χ1n) is 7.67. The predicted octanol–water partition coefficient (Wildman–Crippen LogP) is 0.389. The zero-order valence-electron chi connectivity index (χ0n) is 13.6. The quantitative estimate of drug-likeness (QED) is 0.447. The molecule has 8 heteroatoms. The standard InChI is InChI=1S/C14H26N6OS/c1-11-17-18-13(19(11)2)9-16-14(15-6-4-8-22-3)20-7-5-12(21)10-20/h12,21H,4-10H2,1-3H3,(H,15,16)/t12-/m1/s1. The van der Waals surface area contributed by atoms with Crippen LogP contribution in [0.25, 0.3) is 0 Å². The van der Waals surface area contributed by atoms with Crippen LogP contribution in [0.5, 0.6) is 0 Å². The topological polar surface area (TPSA) is 78.6 Å². The highest BCUT2D eigenvalue weighted by Crippen LogP contribution is 2.10. The van der Waals surface area contributed by atoms with Crippen LogP contribution in [0.2, 0.25) is 0 Å². The van der Waals surface area contributed by atoms with E-state index in [2.05, 4.69) is 31.7 Å². The van der Waals surface area contributed by atoms with Crippen LogP contribution in [0.15, 0.2) is 4.99 Å². The number of β-amino-alcohol motifs (C(OH)–C–C–N with tert-alkyl or cyclic N) is 1. The average Bonchev–Trinajstić information content (AvgIpc) is 3.07. The molecule has 22 heavy (non-hydrogen) atoms. The van der Waals surface area contributed by atoms with Crippen LogP contribution < -0.4 is 5.32 Å². The normalized spacial score (nSPS) is 19.0. The number of thioether (sulfide) groups is 1. The van der Waals surface area contributed by atoms with Crippen LogP contribution in [0, 0.1) is 6.92 Å². The fourth-order valence-corrected chi connectivity index (χ4v) is 2.79. The summed E-state index contributed by atoms with van der Waals surface area (Å²) in [6, 6.07) is 0. The fourth-order valence-electron chi connectivity index (χ4n) is 2.35. The van der Waals surface area contributed by atoms with Gasteiger partial charge in [-0.2, -0.15) is 11.8 Å². The second kappa shape index (κ2) is 8.38. The summed E-state index contributed by atoms with van der Waals surface area (Å²) in [4.78, 5) is 6.79. The van der Waals surface area contributed by atoms with Crippen LogP contribution in [0.4, 0.5) is 0 Å². The number of nitrogens with one attached hydrogen (secondary N) is 1. The SMILES string of the molecule is CSCCCNC(=NCc1nnc(C)n1C)N1CC[C@@H](O)C1. The number of aliphatic hydroxyl groups is 1. The maximum Gasteiger partial charge on any atom is 0.194 e. The number of aliphatic hydroxyl groups excluding tert-OH is 1. The Morgan fingerprint density at radius 1 is 1.50 bits per heavy atom. The van der Waals surface area contributed by atoms with E-state index < -0.39 is 0 Å². The lowest BCUT2D eigenvalue weighted by Gasteiger charge is -2.21. The number of guanidine groups is 1. The van der Waals surface area contributed by atoms with Crippen molar-refractivity contribution in [2.45, 2.75) is 32.4 Å². The molecule has 1 saturated heterocycles. The third-order valence-electron chi connectivity index (χ3n) is 3.82. The van der Waals surface area contributed by atoms with Crippen LogP contribution in [-0.4, -0.2) is 68.5 Å². The van der Waals surface area contributed by atoms with Crippen molar-refractivity contribution in [3.63, 3.8) is 0 Å². The molecular weight excluding hydrogens is 300 g/mol. The molecule has 0 saturated carbocycles. The second-order valence-electron chi connectivity index (χ2n) is 5.52. The molecule has 0 unspecified atom stereocenters. The highest BCUT2D eigenvalue weighted by Gasteiger charge is 2.23. The first-order chi connectivity index (χ1) is 10.6. The molecule has 2 N–H and O–H groups in total. The Balaban J connectivity index is 1.99. The number of aliphatic imine (C=N–C) groups is 1. The smallest absolute Gasteiger partial charge is 0.194 e. The zero-order valence-corrected chi connectivity index (χ0v) is 14.4. The zero-order chi connectivity index (χ0) is 15.9. The lowest BCUT2D eigenvalue weighted by atomic mass is 10.3. The number of aromatic nitrogens is 3. The van der Waals surface area contributed by atoms with E-state index in [9.17, 15) is 5.11 Å². The van der Waals surface area contributed by atoms with Crippen molar-refractivity contribution in [2.24, 2.45) is 12.0 Å². The van der Waals surface area contributed by atoms with Gasteiger partial charge in [-0.25, -0.2) is 4.99 Å². The van der Waals surface area contributed by atoms with E-state index in [1.165, 1.54) is 0 Å². The molecule has 0 bridgehead atoms. The highest BCUT2D eigenvalue weighted by molar-refractivity contribution is 7.98. The van der Waals surface area contributed by atoms with Gasteiger partial charge in [-0.15, -0.1) is 10.2 Å². The van der Waals surface area contributed by atoms with Crippen LogP contribution >= 0.6 is 11.8 Å². The van der Waals surface area contributed by atoms with E-state index in [4.69, 9.17) is 0 Å². The molecule has 1 atom stereocenters. The van der Waals surface area contributed by atoms with E-state index in [1.807, 2.05) is 30.3 Å². The number of hydrogen-bond donors (Lipinski definition) is 2. The summed E-state index contributed by atoms with van der Waals surface area (Å²) in [7, 11) is 1.95. The maximum absolute atomic E-state index is 9.74. The van der Waals surface area contributed by atoms with Gasteiger partial charge in [-0.1, -0.05) is 0 Å². The van der Waals surface area contributed by atoms with Crippen molar-refractivity contribution >= 4 is 17.7 Å². The number of hydrogen-bond acceptors (Lipinski definition) is 5. The molecule has 2 heterocycles. The molecule has 1 aliphatic heterocycles. The summed E-state index contributed by atoms with van der Waals surface area (Å²) < 4.78 is 1.95. The van der Waals surface area contributed by atoms with Gasteiger partial charge in [-0.05, 0) is 31.8 Å². The summed E-state index contributed by atoms with van der Waals surface area (Å²) in [5, 5.41) is 21.3. The van der Waals surface area contributed by atoms with Crippen molar-refractivity contribution < 1.29 is 5.11 Å². The number of rotatable bonds is 6. The summed E-state index contributed by atoms with van der Waals surface area (Å²) >= 11 is 1.85. The lowest BCUT2D eigenvalue weighted by Crippen LogP contribution is -2.41. The van der Waals surface area contributed by atoms with Gasteiger partial charge in [-0.3, -0.25) is 0 Å². The molecule has 0 radical (unpaired) electrons. The van der Waals surface area contributed by atoms with Gasteiger partial charge in [0, 0.05) is 26.7 Å². The van der Waals surface area contributed by atoms with Gasteiger partial charge >= 0.3 is 0 Å². The molecule has 1 aromatic rings. The van der Waals surface area contributed by atoms with Gasteiger partial charge in [0.2, 0.25) is 0 Å². The summed E-state index contributed by atoms with van der Waals surface area (Å²) in [6.07, 6.45) is 3.76. The molecule has 0 amide bonds. The third-order valence-corrected chi connectivity index (χ3v) is 4.52. The Bertz CT molecular complexity index is 504. The van der Waals surface area contributed by atoms with E-state index in [1.54, 1.807) is 0 Å². The Morgan fingerprint density at radius 2 is 2.32 bits per heavy atom. The average molecular weight is 326 g/mol. The molecule has 124 valence electrons. The first kappa shape index (κ1) is 17.1. The lowest BCUT2D eigenvalue weighted by molar-refractivity contribution is 0.187. The molecule has 0 spiro atoms. The Labute approximate surface area is 136 Å². The van der Waals surface area contributed by atoms with Gasteiger partial charge in [0.05, 0.1) is 6.10 Å². The maximum atomic E-state index is 9.74. The van der Waals surface area contributed by atoms with Crippen LogP contribution in [-0.2, 0) is 13.6 Å². The monoisotopic (exact) mass is 326 g/mol. The number of likely N-dealkylation sites (tertiary alicyclic amines) is 1.